The Morgan fingerprint density at radius 1 is 1.10 bits per heavy atom. The van der Waals surface area contributed by atoms with Crippen molar-refractivity contribution in [3.05, 3.63) is 59.9 Å². The topological polar surface area (TPSA) is 51.8 Å². The molecule has 9 heteroatoms. The van der Waals surface area contributed by atoms with Gasteiger partial charge in [-0.05, 0) is 49.5 Å². The number of rotatable bonds is 3. The Hall–Kier alpha value is -3.20. The van der Waals surface area contributed by atoms with Crippen LogP contribution in [-0.4, -0.2) is 60.3 Å². The highest BCUT2D eigenvalue weighted by atomic mass is 19.4. The van der Waals surface area contributed by atoms with Crippen LogP contribution in [0.1, 0.15) is 16.1 Å². The van der Waals surface area contributed by atoms with E-state index in [1.54, 1.807) is 17.0 Å². The van der Waals surface area contributed by atoms with Crippen molar-refractivity contribution < 1.29 is 22.7 Å². The van der Waals surface area contributed by atoms with E-state index in [4.69, 9.17) is 0 Å². The molecule has 0 bridgehead atoms. The smallest absolute Gasteiger partial charge is 0.406 e. The highest BCUT2D eigenvalue weighted by molar-refractivity contribution is 5.96. The summed E-state index contributed by atoms with van der Waals surface area (Å²) >= 11 is 0. The van der Waals surface area contributed by atoms with E-state index in [2.05, 4.69) is 21.2 Å². The number of anilines is 2. The molecule has 1 aromatic heterocycles. The van der Waals surface area contributed by atoms with Gasteiger partial charge in [0.05, 0.1) is 0 Å². The quantitative estimate of drug-likeness (QED) is 0.819. The third-order valence-corrected chi connectivity index (χ3v) is 5.14. The lowest BCUT2D eigenvalue weighted by molar-refractivity contribution is -0.274. The summed E-state index contributed by atoms with van der Waals surface area (Å²) in [5.41, 5.74) is 2.48. The molecule has 0 radical (unpaired) electrons. The summed E-state index contributed by atoms with van der Waals surface area (Å²) in [6.45, 7) is 6.97. The number of amides is 1. The second-order valence-corrected chi connectivity index (χ2v) is 7.28. The lowest BCUT2D eigenvalue weighted by atomic mass is 10.1. The van der Waals surface area contributed by atoms with E-state index in [1.165, 1.54) is 24.3 Å². The SMILES string of the molecule is C=C1C=Cc2cc(C(=O)N3CCN(C)CC3)[nH]c2N1c1ccc(OC(F)(F)F)cc1. The van der Waals surface area contributed by atoms with Gasteiger partial charge in [-0.1, -0.05) is 6.58 Å². The van der Waals surface area contributed by atoms with Gasteiger partial charge >= 0.3 is 6.36 Å². The predicted molar refractivity (Wildman–Crippen MR) is 108 cm³/mol. The fourth-order valence-electron chi connectivity index (χ4n) is 3.56. The van der Waals surface area contributed by atoms with Gasteiger partial charge in [0.25, 0.3) is 5.91 Å². The fraction of sp³-hybridized carbons (Fsp3) is 0.286. The first-order chi connectivity index (χ1) is 14.2. The number of aromatic nitrogens is 1. The van der Waals surface area contributed by atoms with E-state index >= 15 is 0 Å². The van der Waals surface area contributed by atoms with Crippen LogP contribution in [-0.2, 0) is 0 Å². The summed E-state index contributed by atoms with van der Waals surface area (Å²) in [5.74, 6) is 0.261. The number of hydrogen-bond donors (Lipinski definition) is 1. The number of alkyl halides is 3. The molecule has 0 aliphatic carbocycles. The average Bonchev–Trinajstić information content (AvgIpc) is 3.12. The Morgan fingerprint density at radius 2 is 1.77 bits per heavy atom. The Bertz CT molecular complexity index is 987. The van der Waals surface area contributed by atoms with Crippen molar-refractivity contribution in [3.63, 3.8) is 0 Å². The van der Waals surface area contributed by atoms with E-state index in [-0.39, 0.29) is 11.7 Å². The van der Waals surface area contributed by atoms with Crippen molar-refractivity contribution in [3.8, 4) is 5.75 Å². The van der Waals surface area contributed by atoms with Crippen molar-refractivity contribution in [1.82, 2.24) is 14.8 Å². The van der Waals surface area contributed by atoms with E-state index in [0.717, 1.165) is 18.7 Å². The Balaban J connectivity index is 1.59. The van der Waals surface area contributed by atoms with Gasteiger partial charge in [0.15, 0.2) is 0 Å². The summed E-state index contributed by atoms with van der Waals surface area (Å²) in [4.78, 5) is 21.8. The number of aromatic amines is 1. The number of nitrogens with one attached hydrogen (secondary N) is 1. The van der Waals surface area contributed by atoms with Gasteiger partial charge in [-0.15, -0.1) is 13.2 Å². The summed E-state index contributed by atoms with van der Waals surface area (Å²) in [7, 11) is 2.02. The first-order valence-electron chi connectivity index (χ1n) is 9.45. The summed E-state index contributed by atoms with van der Waals surface area (Å²) < 4.78 is 41.2. The summed E-state index contributed by atoms with van der Waals surface area (Å²) in [6.07, 6.45) is -1.10. The van der Waals surface area contributed by atoms with Gasteiger partial charge in [0, 0.05) is 43.1 Å². The van der Waals surface area contributed by atoms with Crippen LogP contribution in [0.3, 0.4) is 0 Å². The van der Waals surface area contributed by atoms with E-state index in [1.807, 2.05) is 18.0 Å². The second kappa shape index (κ2) is 7.56. The molecular weight excluding hydrogens is 397 g/mol. The number of fused-ring (bicyclic) bond motifs is 1. The monoisotopic (exact) mass is 418 g/mol. The van der Waals surface area contributed by atoms with Gasteiger partial charge < -0.3 is 19.5 Å². The first kappa shape index (κ1) is 20.1. The number of benzene rings is 1. The molecule has 2 aliphatic rings. The molecule has 30 heavy (non-hydrogen) atoms. The average molecular weight is 418 g/mol. The van der Waals surface area contributed by atoms with Crippen molar-refractivity contribution in [2.24, 2.45) is 0 Å². The molecule has 1 saturated heterocycles. The Labute approximate surface area is 171 Å². The second-order valence-electron chi connectivity index (χ2n) is 7.28. The summed E-state index contributed by atoms with van der Waals surface area (Å²) in [6, 6.07) is 7.30. The number of nitrogens with zero attached hydrogens (tertiary/aromatic N) is 3. The van der Waals surface area contributed by atoms with Gasteiger partial charge in [0.2, 0.25) is 0 Å². The van der Waals surface area contributed by atoms with Crippen LogP contribution in [0, 0.1) is 0 Å². The number of carbonyl (C=O) groups excluding carboxylic acids is 1. The number of halogens is 3. The molecule has 6 nitrogen and oxygen atoms in total. The molecule has 1 N–H and O–H groups in total. The minimum Gasteiger partial charge on any atom is -0.406 e. The molecule has 0 spiro atoms. The number of hydrogen-bond acceptors (Lipinski definition) is 4. The maximum Gasteiger partial charge on any atom is 0.573 e. The van der Waals surface area contributed by atoms with Gasteiger partial charge in [-0.3, -0.25) is 9.69 Å². The third-order valence-electron chi connectivity index (χ3n) is 5.14. The number of ether oxygens (including phenoxy) is 1. The van der Waals surface area contributed by atoms with Crippen LogP contribution in [0.4, 0.5) is 24.7 Å². The maximum atomic E-state index is 12.9. The molecule has 0 unspecified atom stereocenters. The Kier molecular flexibility index (Phi) is 5.07. The molecule has 0 saturated carbocycles. The molecule has 0 atom stereocenters. The lowest BCUT2D eigenvalue weighted by Crippen LogP contribution is -2.47. The number of H-pyrrole nitrogens is 1. The zero-order valence-corrected chi connectivity index (χ0v) is 16.4. The number of likely N-dealkylation sites (N-methyl/N-ethyl adjacent to an activating group) is 1. The molecule has 1 aromatic carbocycles. The highest BCUT2D eigenvalue weighted by Crippen LogP contribution is 2.37. The fourth-order valence-corrected chi connectivity index (χ4v) is 3.56. The van der Waals surface area contributed by atoms with E-state index < -0.39 is 6.36 Å². The maximum absolute atomic E-state index is 12.9. The van der Waals surface area contributed by atoms with Crippen molar-refractivity contribution in [1.29, 1.82) is 0 Å². The molecule has 4 rings (SSSR count). The lowest BCUT2D eigenvalue weighted by Gasteiger charge is -2.32. The Morgan fingerprint density at radius 3 is 2.40 bits per heavy atom. The van der Waals surface area contributed by atoms with E-state index in [0.29, 0.717) is 36.0 Å². The van der Waals surface area contributed by atoms with Crippen molar-refractivity contribution >= 4 is 23.5 Å². The van der Waals surface area contributed by atoms with Crippen LogP contribution in [0.5, 0.6) is 5.75 Å². The minimum atomic E-state index is -4.75. The van der Waals surface area contributed by atoms with Crippen molar-refractivity contribution in [2.75, 3.05) is 38.1 Å². The first-order valence-corrected chi connectivity index (χ1v) is 9.45. The van der Waals surface area contributed by atoms with Gasteiger partial charge in [-0.2, -0.15) is 0 Å². The standard InChI is InChI=1S/C21H21F3N4O2/c1-14-3-4-15-13-18(20(29)27-11-9-26(2)10-12-27)25-19(15)28(14)16-5-7-17(8-6-16)30-21(22,23)24/h3-8,13,25H,1,9-12H2,2H3. The third kappa shape index (κ3) is 4.06. The van der Waals surface area contributed by atoms with Crippen LogP contribution < -0.4 is 9.64 Å². The van der Waals surface area contributed by atoms with Crippen LogP contribution in [0.2, 0.25) is 0 Å². The predicted octanol–water partition coefficient (Wildman–Crippen LogP) is 3.98. The highest BCUT2D eigenvalue weighted by Gasteiger charge is 2.31. The van der Waals surface area contributed by atoms with E-state index in [9.17, 15) is 18.0 Å². The molecule has 158 valence electrons. The zero-order chi connectivity index (χ0) is 21.5. The van der Waals surface area contributed by atoms with Crippen LogP contribution >= 0.6 is 0 Å². The molecular formula is C21H21F3N4O2. The molecule has 3 heterocycles. The van der Waals surface area contributed by atoms with Crippen LogP contribution in [0.15, 0.2) is 48.7 Å². The van der Waals surface area contributed by atoms with Gasteiger partial charge in [-0.25, -0.2) is 0 Å². The number of allylic oxidation sites excluding steroid dienone is 1. The number of piperazine rings is 1. The van der Waals surface area contributed by atoms with Crippen LogP contribution in [0.25, 0.3) is 6.08 Å². The molecule has 2 aromatic rings. The zero-order valence-electron chi connectivity index (χ0n) is 16.4. The molecule has 2 aliphatic heterocycles. The largest absolute Gasteiger partial charge is 0.573 e. The molecule has 1 fully saturated rings. The summed E-state index contributed by atoms with van der Waals surface area (Å²) in [5, 5.41) is 0. The van der Waals surface area contributed by atoms with Crippen molar-refractivity contribution in [2.45, 2.75) is 6.36 Å². The normalized spacial score (nSPS) is 17.3. The van der Waals surface area contributed by atoms with Gasteiger partial charge in [0.1, 0.15) is 17.3 Å². The minimum absolute atomic E-state index is 0.0783. The number of carbonyl (C=O) groups is 1. The molecule has 1 amide bonds.